The van der Waals surface area contributed by atoms with Crippen LogP contribution in [0.2, 0.25) is 0 Å². The van der Waals surface area contributed by atoms with Crippen LogP contribution in [0.25, 0.3) is 0 Å². The highest BCUT2D eigenvalue weighted by Gasteiger charge is 2.24. The molecule has 0 radical (unpaired) electrons. The standard InChI is InChI=1S/C23H28N2O4/c1-19-9-11-21(12-10-19)28-17-5-8-22(26)24-13-15-25(16-14-24)23(27)18-29-20-6-3-2-4-7-20/h2-4,6-7,9-12H,5,8,13-18H2,1H3. The maximum absolute atomic E-state index is 12.4. The number of nitrogens with zero attached hydrogens (tertiary/aromatic N) is 2. The fraction of sp³-hybridized carbons (Fsp3) is 0.391. The minimum atomic E-state index is -0.0487. The zero-order valence-electron chi connectivity index (χ0n) is 16.9. The molecule has 0 N–H and O–H groups in total. The van der Waals surface area contributed by atoms with Gasteiger partial charge in [0.25, 0.3) is 5.91 Å². The summed E-state index contributed by atoms with van der Waals surface area (Å²) in [5.41, 5.74) is 1.19. The van der Waals surface area contributed by atoms with Crippen LogP contribution in [0.3, 0.4) is 0 Å². The molecule has 0 spiro atoms. The van der Waals surface area contributed by atoms with Gasteiger partial charge in [-0.3, -0.25) is 9.59 Å². The predicted octanol–water partition coefficient (Wildman–Crippen LogP) is 2.90. The van der Waals surface area contributed by atoms with Crippen molar-refractivity contribution in [3.8, 4) is 11.5 Å². The van der Waals surface area contributed by atoms with Crippen molar-refractivity contribution in [2.75, 3.05) is 39.4 Å². The Bertz CT molecular complexity index is 784. The van der Waals surface area contributed by atoms with Crippen LogP contribution < -0.4 is 9.47 Å². The van der Waals surface area contributed by atoms with E-state index in [1.165, 1.54) is 5.56 Å². The molecular weight excluding hydrogens is 368 g/mol. The largest absolute Gasteiger partial charge is 0.494 e. The minimum Gasteiger partial charge on any atom is -0.494 e. The molecule has 1 saturated heterocycles. The summed E-state index contributed by atoms with van der Waals surface area (Å²) >= 11 is 0. The first-order valence-corrected chi connectivity index (χ1v) is 10.0. The Balaban J connectivity index is 1.31. The number of ether oxygens (including phenoxy) is 2. The highest BCUT2D eigenvalue weighted by Crippen LogP contribution is 2.13. The van der Waals surface area contributed by atoms with Gasteiger partial charge in [-0.1, -0.05) is 35.9 Å². The van der Waals surface area contributed by atoms with E-state index in [-0.39, 0.29) is 18.4 Å². The molecule has 0 saturated carbocycles. The molecule has 1 aliphatic heterocycles. The topological polar surface area (TPSA) is 59.1 Å². The fourth-order valence-electron chi connectivity index (χ4n) is 3.16. The third-order valence-electron chi connectivity index (χ3n) is 4.92. The summed E-state index contributed by atoms with van der Waals surface area (Å²) in [7, 11) is 0. The number of benzene rings is 2. The summed E-state index contributed by atoms with van der Waals surface area (Å²) in [6, 6.07) is 17.2. The number of carbonyl (C=O) groups excluding carboxylic acids is 2. The second-order valence-corrected chi connectivity index (χ2v) is 7.13. The van der Waals surface area contributed by atoms with E-state index in [1.807, 2.05) is 66.4 Å². The van der Waals surface area contributed by atoms with Crippen LogP contribution in [0.1, 0.15) is 18.4 Å². The van der Waals surface area contributed by atoms with Gasteiger partial charge in [-0.15, -0.1) is 0 Å². The number of amides is 2. The number of piperazine rings is 1. The molecule has 2 aromatic rings. The average Bonchev–Trinajstić information content (AvgIpc) is 2.77. The van der Waals surface area contributed by atoms with Crippen molar-refractivity contribution in [2.45, 2.75) is 19.8 Å². The van der Waals surface area contributed by atoms with Gasteiger partial charge in [0.1, 0.15) is 11.5 Å². The number of carbonyl (C=O) groups is 2. The molecule has 0 atom stereocenters. The van der Waals surface area contributed by atoms with Gasteiger partial charge < -0.3 is 19.3 Å². The molecule has 6 nitrogen and oxygen atoms in total. The molecule has 0 aromatic heterocycles. The summed E-state index contributed by atoms with van der Waals surface area (Å²) in [5, 5.41) is 0. The van der Waals surface area contributed by atoms with Gasteiger partial charge in [0.05, 0.1) is 6.61 Å². The number of para-hydroxylation sites is 1. The molecule has 1 aliphatic rings. The molecule has 1 fully saturated rings. The van der Waals surface area contributed by atoms with Crippen LogP contribution in [0, 0.1) is 6.92 Å². The summed E-state index contributed by atoms with van der Waals surface area (Å²) < 4.78 is 11.2. The Labute approximate surface area is 172 Å². The van der Waals surface area contributed by atoms with Crippen molar-refractivity contribution in [3.63, 3.8) is 0 Å². The zero-order chi connectivity index (χ0) is 20.5. The van der Waals surface area contributed by atoms with Gasteiger partial charge in [0, 0.05) is 32.6 Å². The van der Waals surface area contributed by atoms with E-state index in [0.29, 0.717) is 51.4 Å². The van der Waals surface area contributed by atoms with Gasteiger partial charge in [-0.2, -0.15) is 0 Å². The van der Waals surface area contributed by atoms with E-state index < -0.39 is 0 Å². The van der Waals surface area contributed by atoms with E-state index >= 15 is 0 Å². The van der Waals surface area contributed by atoms with Gasteiger partial charge in [-0.25, -0.2) is 0 Å². The lowest BCUT2D eigenvalue weighted by molar-refractivity contribution is -0.140. The van der Waals surface area contributed by atoms with Crippen molar-refractivity contribution in [1.29, 1.82) is 0 Å². The van der Waals surface area contributed by atoms with Crippen molar-refractivity contribution in [3.05, 3.63) is 60.2 Å². The summed E-state index contributed by atoms with van der Waals surface area (Å²) in [6.07, 6.45) is 1.13. The molecule has 0 aliphatic carbocycles. The highest BCUT2D eigenvalue weighted by atomic mass is 16.5. The van der Waals surface area contributed by atoms with Crippen LogP contribution in [-0.2, 0) is 9.59 Å². The molecule has 2 amide bonds. The Morgan fingerprint density at radius 2 is 1.38 bits per heavy atom. The first-order valence-electron chi connectivity index (χ1n) is 10.0. The predicted molar refractivity (Wildman–Crippen MR) is 111 cm³/mol. The fourth-order valence-corrected chi connectivity index (χ4v) is 3.16. The van der Waals surface area contributed by atoms with Crippen LogP contribution in [-0.4, -0.2) is 61.0 Å². The summed E-state index contributed by atoms with van der Waals surface area (Å²) in [5.74, 6) is 1.58. The molecule has 0 unspecified atom stereocenters. The first-order chi connectivity index (χ1) is 14.1. The average molecular weight is 396 g/mol. The second-order valence-electron chi connectivity index (χ2n) is 7.13. The monoisotopic (exact) mass is 396 g/mol. The SMILES string of the molecule is Cc1ccc(OCCCC(=O)N2CCN(C(=O)COc3ccccc3)CC2)cc1. The van der Waals surface area contributed by atoms with Gasteiger partial charge in [0.2, 0.25) is 5.91 Å². The van der Waals surface area contributed by atoms with Crippen molar-refractivity contribution >= 4 is 11.8 Å². The molecule has 3 rings (SSSR count). The van der Waals surface area contributed by atoms with E-state index in [1.54, 1.807) is 4.90 Å². The molecule has 6 heteroatoms. The Hall–Kier alpha value is -3.02. The first kappa shape index (κ1) is 20.7. The summed E-state index contributed by atoms with van der Waals surface area (Å²) in [4.78, 5) is 28.3. The normalized spacial score (nSPS) is 13.8. The minimum absolute atomic E-state index is 0.0221. The van der Waals surface area contributed by atoms with E-state index in [4.69, 9.17) is 9.47 Å². The van der Waals surface area contributed by atoms with Crippen LogP contribution >= 0.6 is 0 Å². The molecule has 29 heavy (non-hydrogen) atoms. The van der Waals surface area contributed by atoms with E-state index in [2.05, 4.69) is 0 Å². The lowest BCUT2D eigenvalue weighted by Crippen LogP contribution is -2.51. The van der Waals surface area contributed by atoms with E-state index in [0.717, 1.165) is 5.75 Å². The molecular formula is C23H28N2O4. The summed E-state index contributed by atoms with van der Waals surface area (Å²) in [6.45, 7) is 4.79. The zero-order valence-corrected chi connectivity index (χ0v) is 16.9. The van der Waals surface area contributed by atoms with Crippen LogP contribution in [0.15, 0.2) is 54.6 Å². The molecule has 2 aromatic carbocycles. The number of aryl methyl sites for hydroxylation is 1. The van der Waals surface area contributed by atoms with Gasteiger partial charge in [0.15, 0.2) is 6.61 Å². The van der Waals surface area contributed by atoms with Crippen LogP contribution in [0.5, 0.6) is 11.5 Å². The van der Waals surface area contributed by atoms with Crippen molar-refractivity contribution < 1.29 is 19.1 Å². The quantitative estimate of drug-likeness (QED) is 0.644. The van der Waals surface area contributed by atoms with Crippen molar-refractivity contribution in [2.24, 2.45) is 0 Å². The highest BCUT2D eigenvalue weighted by molar-refractivity contribution is 5.79. The number of hydrogen-bond donors (Lipinski definition) is 0. The molecule has 1 heterocycles. The Kier molecular flexibility index (Phi) is 7.50. The lowest BCUT2D eigenvalue weighted by Gasteiger charge is -2.34. The molecule has 154 valence electrons. The van der Waals surface area contributed by atoms with Gasteiger partial charge >= 0.3 is 0 Å². The second kappa shape index (κ2) is 10.5. The number of hydrogen-bond acceptors (Lipinski definition) is 4. The maximum Gasteiger partial charge on any atom is 0.260 e. The maximum atomic E-state index is 12.4. The van der Waals surface area contributed by atoms with Crippen molar-refractivity contribution in [1.82, 2.24) is 9.80 Å². The lowest BCUT2D eigenvalue weighted by atomic mass is 10.2. The van der Waals surface area contributed by atoms with E-state index in [9.17, 15) is 9.59 Å². The third kappa shape index (κ3) is 6.52. The third-order valence-corrected chi connectivity index (χ3v) is 4.92. The van der Waals surface area contributed by atoms with Gasteiger partial charge in [-0.05, 0) is 37.6 Å². The Morgan fingerprint density at radius 3 is 2.03 bits per heavy atom. The smallest absolute Gasteiger partial charge is 0.260 e. The number of rotatable bonds is 8. The van der Waals surface area contributed by atoms with Crippen LogP contribution in [0.4, 0.5) is 0 Å². The molecule has 0 bridgehead atoms. The Morgan fingerprint density at radius 1 is 0.793 bits per heavy atom.